The summed E-state index contributed by atoms with van der Waals surface area (Å²) in [5, 5.41) is 9.97. The van der Waals surface area contributed by atoms with E-state index in [1.807, 2.05) is 24.5 Å². The van der Waals surface area contributed by atoms with Gasteiger partial charge < -0.3 is 9.67 Å². The molecule has 5 heteroatoms. The molecule has 3 atom stereocenters. The Morgan fingerprint density at radius 2 is 2.04 bits per heavy atom. The van der Waals surface area contributed by atoms with Crippen LogP contribution in [0.15, 0.2) is 36.7 Å². The fourth-order valence-corrected chi connectivity index (χ4v) is 5.50. The van der Waals surface area contributed by atoms with Crippen LogP contribution in [0.2, 0.25) is 0 Å². The number of phenolic OH excluding ortho intramolecular Hbond substituents is 1. The number of aromatic nitrogens is 2. The molecule has 0 amide bonds. The topological polar surface area (TPSA) is 44.5 Å². The fourth-order valence-electron chi connectivity index (χ4n) is 5.50. The predicted molar refractivity (Wildman–Crippen MR) is 96.3 cm³/mol. The number of fused-ring (bicyclic) bond motifs is 2. The molecule has 0 spiro atoms. The van der Waals surface area contributed by atoms with Crippen LogP contribution in [0.4, 0.5) is 0 Å². The molecule has 0 aliphatic carbocycles. The Kier molecular flexibility index (Phi) is 3.61. The van der Waals surface area contributed by atoms with E-state index in [-0.39, 0.29) is 0 Å². The first-order chi connectivity index (χ1) is 12.2. The van der Waals surface area contributed by atoms with Crippen LogP contribution < -0.4 is 0 Å². The monoisotopic (exact) mass is 338 g/mol. The molecule has 25 heavy (non-hydrogen) atoms. The van der Waals surface area contributed by atoms with Gasteiger partial charge in [0, 0.05) is 44.0 Å². The number of nitrogens with zero attached hydrogens (tertiary/aromatic N) is 4. The molecule has 4 aliphatic heterocycles. The lowest BCUT2D eigenvalue weighted by atomic mass is 9.75. The van der Waals surface area contributed by atoms with E-state index in [1.165, 1.54) is 31.5 Å². The molecular weight excluding hydrogens is 312 g/mol. The molecule has 2 aromatic rings. The number of benzene rings is 1. The molecule has 2 bridgehead atoms. The van der Waals surface area contributed by atoms with Gasteiger partial charge in [-0.1, -0.05) is 12.1 Å². The second kappa shape index (κ2) is 5.85. The van der Waals surface area contributed by atoms with E-state index in [4.69, 9.17) is 0 Å². The zero-order valence-electron chi connectivity index (χ0n) is 14.8. The Morgan fingerprint density at radius 3 is 2.76 bits per heavy atom. The number of hydrogen-bond acceptors (Lipinski definition) is 4. The summed E-state index contributed by atoms with van der Waals surface area (Å²) in [5.74, 6) is 2.80. The molecule has 132 valence electrons. The fraction of sp³-hybridized carbons (Fsp3) is 0.550. The van der Waals surface area contributed by atoms with E-state index in [2.05, 4.69) is 32.5 Å². The summed E-state index contributed by atoms with van der Waals surface area (Å²) in [7, 11) is 2.08. The van der Waals surface area contributed by atoms with Crippen molar-refractivity contribution in [2.45, 2.75) is 37.4 Å². The molecule has 1 aromatic carbocycles. The summed E-state index contributed by atoms with van der Waals surface area (Å²) in [6, 6.07) is 9.11. The molecule has 0 unspecified atom stereocenters. The standard InChI is InChI=1S/C20H26N4O/c1-22-10-7-21-18(22)13-24-12-17(15-3-2-4-16(25)11-15)20-19(24)14-5-8-23(20)9-6-14/h2-4,7,10-11,14,17,19-20,25H,5-6,8-9,12-13H2,1H3/t17-,19+,20+/m1/s1. The van der Waals surface area contributed by atoms with Gasteiger partial charge in [-0.2, -0.15) is 0 Å². The van der Waals surface area contributed by atoms with Crippen LogP contribution in [0, 0.1) is 5.92 Å². The van der Waals surface area contributed by atoms with Crippen molar-refractivity contribution in [2.24, 2.45) is 13.0 Å². The van der Waals surface area contributed by atoms with Crippen molar-refractivity contribution < 1.29 is 5.11 Å². The SMILES string of the molecule is Cn1ccnc1CN1C[C@H](c2cccc(O)c2)[C@H]2[C@@H]1C1CCN2CC1. The number of likely N-dealkylation sites (tertiary alicyclic amines) is 1. The zero-order chi connectivity index (χ0) is 17.0. The van der Waals surface area contributed by atoms with Gasteiger partial charge in [0.25, 0.3) is 0 Å². The maximum Gasteiger partial charge on any atom is 0.122 e. The van der Waals surface area contributed by atoms with Crippen molar-refractivity contribution in [3.05, 3.63) is 48.0 Å². The summed E-state index contributed by atoms with van der Waals surface area (Å²) < 4.78 is 2.14. The average Bonchev–Trinajstić information content (AvgIpc) is 3.22. The van der Waals surface area contributed by atoms with Crippen LogP contribution in [0.1, 0.15) is 30.1 Å². The van der Waals surface area contributed by atoms with Crippen molar-refractivity contribution in [3.63, 3.8) is 0 Å². The van der Waals surface area contributed by atoms with Crippen LogP contribution >= 0.6 is 0 Å². The first kappa shape index (κ1) is 15.4. The van der Waals surface area contributed by atoms with E-state index in [0.717, 1.165) is 24.8 Å². The van der Waals surface area contributed by atoms with Crippen molar-refractivity contribution in [3.8, 4) is 5.75 Å². The minimum Gasteiger partial charge on any atom is -0.508 e. The molecular formula is C20H26N4O. The Bertz CT molecular complexity index is 765. The number of piperidine rings is 3. The van der Waals surface area contributed by atoms with Crippen molar-refractivity contribution in [2.75, 3.05) is 19.6 Å². The summed E-state index contributed by atoms with van der Waals surface area (Å²) in [5.41, 5.74) is 1.28. The summed E-state index contributed by atoms with van der Waals surface area (Å²) in [6.07, 6.45) is 6.58. The highest BCUT2D eigenvalue weighted by Crippen LogP contribution is 2.47. The second-order valence-electron chi connectivity index (χ2n) is 7.94. The molecule has 0 saturated carbocycles. The van der Waals surface area contributed by atoms with Gasteiger partial charge in [0.15, 0.2) is 0 Å². The molecule has 0 radical (unpaired) electrons. The summed E-state index contributed by atoms with van der Waals surface area (Å²) in [4.78, 5) is 9.93. The molecule has 4 aliphatic rings. The first-order valence-corrected chi connectivity index (χ1v) is 9.44. The van der Waals surface area contributed by atoms with E-state index >= 15 is 0 Å². The molecule has 6 rings (SSSR count). The van der Waals surface area contributed by atoms with Gasteiger partial charge in [0.1, 0.15) is 11.6 Å². The van der Waals surface area contributed by atoms with Crippen molar-refractivity contribution in [1.82, 2.24) is 19.4 Å². The van der Waals surface area contributed by atoms with Gasteiger partial charge in [-0.3, -0.25) is 9.80 Å². The maximum atomic E-state index is 9.97. The second-order valence-corrected chi connectivity index (χ2v) is 7.94. The normalized spacial score (nSPS) is 34.4. The highest BCUT2D eigenvalue weighted by atomic mass is 16.3. The van der Waals surface area contributed by atoms with Gasteiger partial charge in [-0.15, -0.1) is 0 Å². The zero-order valence-corrected chi connectivity index (χ0v) is 14.8. The Hall–Kier alpha value is -1.85. The van der Waals surface area contributed by atoms with Gasteiger partial charge in [0.05, 0.1) is 6.54 Å². The van der Waals surface area contributed by atoms with Gasteiger partial charge in [-0.05, 0) is 49.5 Å². The molecule has 1 N–H and O–H groups in total. The van der Waals surface area contributed by atoms with Crippen LogP contribution in [0.3, 0.4) is 0 Å². The highest BCUT2D eigenvalue weighted by Gasteiger charge is 2.53. The number of aryl methyl sites for hydroxylation is 1. The van der Waals surface area contributed by atoms with Gasteiger partial charge in [-0.25, -0.2) is 4.98 Å². The van der Waals surface area contributed by atoms with Crippen LogP contribution in [-0.2, 0) is 13.6 Å². The van der Waals surface area contributed by atoms with Crippen LogP contribution in [0.25, 0.3) is 0 Å². The smallest absolute Gasteiger partial charge is 0.122 e. The van der Waals surface area contributed by atoms with E-state index in [0.29, 0.717) is 23.8 Å². The largest absolute Gasteiger partial charge is 0.508 e. The summed E-state index contributed by atoms with van der Waals surface area (Å²) >= 11 is 0. The lowest BCUT2D eigenvalue weighted by molar-refractivity contribution is -0.00947. The average molecular weight is 338 g/mol. The molecule has 5 nitrogen and oxygen atoms in total. The Morgan fingerprint density at radius 1 is 1.20 bits per heavy atom. The Balaban J connectivity index is 1.50. The van der Waals surface area contributed by atoms with E-state index in [1.54, 1.807) is 6.07 Å². The maximum absolute atomic E-state index is 9.97. The minimum absolute atomic E-state index is 0.382. The number of imidazole rings is 1. The molecule has 4 saturated heterocycles. The molecule has 4 fully saturated rings. The lowest BCUT2D eigenvalue weighted by Crippen LogP contribution is -2.60. The third kappa shape index (κ3) is 2.49. The van der Waals surface area contributed by atoms with Gasteiger partial charge in [0.2, 0.25) is 0 Å². The predicted octanol–water partition coefficient (Wildman–Crippen LogP) is 2.19. The first-order valence-electron chi connectivity index (χ1n) is 9.44. The number of phenols is 1. The van der Waals surface area contributed by atoms with E-state index < -0.39 is 0 Å². The Labute approximate surface area is 148 Å². The lowest BCUT2D eigenvalue weighted by Gasteiger charge is -2.51. The third-order valence-electron chi connectivity index (χ3n) is 6.66. The van der Waals surface area contributed by atoms with Crippen molar-refractivity contribution in [1.29, 1.82) is 0 Å². The van der Waals surface area contributed by atoms with Crippen molar-refractivity contribution >= 4 is 0 Å². The number of rotatable bonds is 3. The van der Waals surface area contributed by atoms with Crippen LogP contribution in [0.5, 0.6) is 5.75 Å². The third-order valence-corrected chi connectivity index (χ3v) is 6.66. The quantitative estimate of drug-likeness (QED) is 0.932. The number of hydrogen-bond donors (Lipinski definition) is 1. The molecule has 5 heterocycles. The highest BCUT2D eigenvalue weighted by molar-refractivity contribution is 5.33. The van der Waals surface area contributed by atoms with E-state index in [9.17, 15) is 5.11 Å². The molecule has 1 aromatic heterocycles. The number of aromatic hydroxyl groups is 1. The summed E-state index contributed by atoms with van der Waals surface area (Å²) in [6.45, 7) is 4.44. The van der Waals surface area contributed by atoms with Gasteiger partial charge >= 0.3 is 0 Å². The van der Waals surface area contributed by atoms with Crippen LogP contribution in [-0.4, -0.2) is 56.2 Å². The minimum atomic E-state index is 0.382.